The van der Waals surface area contributed by atoms with Crippen LogP contribution in [-0.4, -0.2) is 31.7 Å². The zero-order chi connectivity index (χ0) is 22.7. The van der Waals surface area contributed by atoms with Crippen molar-refractivity contribution in [1.82, 2.24) is 4.98 Å². The number of thiophene rings is 2. The number of nitrogens with zero attached hydrogens (tertiary/aromatic N) is 1. The summed E-state index contributed by atoms with van der Waals surface area (Å²) >= 11 is 2.69. The van der Waals surface area contributed by atoms with Gasteiger partial charge in [0.15, 0.2) is 9.84 Å². The molecule has 3 aromatic heterocycles. The van der Waals surface area contributed by atoms with Gasteiger partial charge in [-0.3, -0.25) is 4.79 Å². The first-order valence-corrected chi connectivity index (χ1v) is 13.4. The van der Waals surface area contributed by atoms with Gasteiger partial charge < -0.3 is 10.5 Å². The molecule has 6 nitrogen and oxygen atoms in total. The number of nitrogen functional groups attached to an aromatic ring is 1. The van der Waals surface area contributed by atoms with E-state index in [0.717, 1.165) is 33.0 Å². The summed E-state index contributed by atoms with van der Waals surface area (Å²) < 4.78 is 31.2. The average Bonchev–Trinajstić information content (AvgIpc) is 3.42. The second-order valence-electron chi connectivity index (χ2n) is 7.25. The summed E-state index contributed by atoms with van der Waals surface area (Å²) in [4.78, 5) is 17.2. The number of sulfone groups is 1. The van der Waals surface area contributed by atoms with Gasteiger partial charge in [0, 0.05) is 12.3 Å². The smallest absolute Gasteiger partial charge is 0.302 e. The predicted octanol–water partition coefficient (Wildman–Crippen LogP) is 6.03. The molecular formula is C24H26N2O4S3. The van der Waals surface area contributed by atoms with Crippen molar-refractivity contribution in [1.29, 1.82) is 0 Å². The first-order valence-electron chi connectivity index (χ1n) is 10.1. The van der Waals surface area contributed by atoms with Gasteiger partial charge in [-0.1, -0.05) is 43.8 Å². The van der Waals surface area contributed by atoms with E-state index in [-0.39, 0.29) is 35.7 Å². The van der Waals surface area contributed by atoms with Gasteiger partial charge in [0.2, 0.25) is 0 Å². The van der Waals surface area contributed by atoms with Gasteiger partial charge in [-0.05, 0) is 41.5 Å². The van der Waals surface area contributed by atoms with Crippen molar-refractivity contribution < 1.29 is 17.9 Å². The molecule has 0 aliphatic rings. The SMILES string of the molecule is C.CC(=O)OCCCCS(=O)(=O)c1sc2nc(-c3cccs3)cc(-c3ccccc3)c2c1N. The topological polar surface area (TPSA) is 99.4 Å². The van der Waals surface area contributed by atoms with Gasteiger partial charge in [-0.2, -0.15) is 0 Å². The summed E-state index contributed by atoms with van der Waals surface area (Å²) in [5.74, 6) is -0.438. The summed E-state index contributed by atoms with van der Waals surface area (Å²) in [7, 11) is -3.60. The van der Waals surface area contributed by atoms with Crippen LogP contribution in [0.4, 0.5) is 5.69 Å². The molecule has 0 radical (unpaired) electrons. The van der Waals surface area contributed by atoms with Crippen molar-refractivity contribution in [2.24, 2.45) is 0 Å². The van der Waals surface area contributed by atoms with Crippen molar-refractivity contribution in [2.75, 3.05) is 18.1 Å². The number of esters is 1. The molecule has 0 atom stereocenters. The van der Waals surface area contributed by atoms with Gasteiger partial charge in [-0.15, -0.1) is 22.7 Å². The number of aromatic nitrogens is 1. The van der Waals surface area contributed by atoms with Crippen LogP contribution in [-0.2, 0) is 19.4 Å². The zero-order valence-electron chi connectivity index (χ0n) is 17.4. The standard InChI is InChI=1S/C23H22N2O4S3.CH4/c1-15(26)29-11-5-6-13-32(27,28)23-21(24)20-17(16-8-3-2-4-9-16)14-18(25-22(20)31-23)19-10-7-12-30-19;/h2-4,7-10,12,14H,5-6,11,13,24H2,1H3;1H4. The number of benzene rings is 1. The molecule has 0 amide bonds. The molecule has 0 aliphatic heterocycles. The van der Waals surface area contributed by atoms with E-state index in [4.69, 9.17) is 15.5 Å². The molecule has 1 aromatic carbocycles. The lowest BCUT2D eigenvalue weighted by Crippen LogP contribution is -2.09. The van der Waals surface area contributed by atoms with E-state index >= 15 is 0 Å². The molecule has 9 heteroatoms. The number of anilines is 1. The van der Waals surface area contributed by atoms with Crippen LogP contribution in [0, 0.1) is 0 Å². The number of carbonyl (C=O) groups is 1. The van der Waals surface area contributed by atoms with Crippen LogP contribution in [0.2, 0.25) is 0 Å². The van der Waals surface area contributed by atoms with E-state index in [1.807, 2.05) is 53.9 Å². The number of fused-ring (bicyclic) bond motifs is 1. The lowest BCUT2D eigenvalue weighted by Gasteiger charge is -2.08. The van der Waals surface area contributed by atoms with Crippen molar-refractivity contribution in [2.45, 2.75) is 31.4 Å². The third-order valence-electron chi connectivity index (χ3n) is 4.92. The highest BCUT2D eigenvalue weighted by Crippen LogP contribution is 2.43. The van der Waals surface area contributed by atoms with E-state index in [0.29, 0.717) is 23.1 Å². The van der Waals surface area contributed by atoms with E-state index in [9.17, 15) is 13.2 Å². The van der Waals surface area contributed by atoms with Crippen LogP contribution in [0.1, 0.15) is 27.2 Å². The van der Waals surface area contributed by atoms with Crippen LogP contribution in [0.5, 0.6) is 0 Å². The monoisotopic (exact) mass is 502 g/mol. The maximum Gasteiger partial charge on any atom is 0.302 e. The summed E-state index contributed by atoms with van der Waals surface area (Å²) in [6, 6.07) is 15.7. The number of ether oxygens (including phenoxy) is 1. The van der Waals surface area contributed by atoms with Crippen LogP contribution in [0.3, 0.4) is 0 Å². The largest absolute Gasteiger partial charge is 0.466 e. The first-order chi connectivity index (χ1) is 15.4. The Kier molecular flexibility index (Phi) is 7.88. The van der Waals surface area contributed by atoms with E-state index in [2.05, 4.69) is 0 Å². The number of nitrogens with two attached hydrogens (primary N) is 1. The van der Waals surface area contributed by atoms with Gasteiger partial charge in [0.05, 0.1) is 28.6 Å². The average molecular weight is 503 g/mol. The number of unbranched alkanes of at least 4 members (excludes halogenated alkanes) is 1. The quantitative estimate of drug-likeness (QED) is 0.233. The van der Waals surface area contributed by atoms with Crippen LogP contribution in [0.15, 0.2) is 58.1 Å². The number of pyridine rings is 1. The van der Waals surface area contributed by atoms with Crippen molar-refractivity contribution in [3.05, 3.63) is 53.9 Å². The molecule has 4 aromatic rings. The summed E-state index contributed by atoms with van der Waals surface area (Å²) in [6.07, 6.45) is 0.850. The van der Waals surface area contributed by atoms with Gasteiger partial charge in [0.25, 0.3) is 0 Å². The Morgan fingerprint density at radius 1 is 1.12 bits per heavy atom. The molecule has 0 saturated heterocycles. The van der Waals surface area contributed by atoms with Crippen molar-refractivity contribution in [3.63, 3.8) is 0 Å². The second-order valence-corrected chi connectivity index (χ2v) is 11.5. The zero-order valence-corrected chi connectivity index (χ0v) is 19.9. The third-order valence-corrected chi connectivity index (χ3v) is 9.33. The Labute approximate surface area is 202 Å². The minimum atomic E-state index is -3.60. The van der Waals surface area contributed by atoms with Crippen LogP contribution >= 0.6 is 22.7 Å². The maximum atomic E-state index is 13.1. The Morgan fingerprint density at radius 2 is 1.88 bits per heavy atom. The van der Waals surface area contributed by atoms with Crippen molar-refractivity contribution >= 4 is 54.4 Å². The molecule has 4 rings (SSSR count). The Morgan fingerprint density at radius 3 is 2.55 bits per heavy atom. The number of carbonyl (C=O) groups excluding carboxylic acids is 1. The lowest BCUT2D eigenvalue weighted by atomic mass is 10.0. The number of hydrogen-bond acceptors (Lipinski definition) is 8. The minimum Gasteiger partial charge on any atom is -0.466 e. The molecule has 0 fully saturated rings. The number of hydrogen-bond donors (Lipinski definition) is 1. The summed E-state index contributed by atoms with van der Waals surface area (Å²) in [5, 5.41) is 2.65. The summed E-state index contributed by atoms with van der Waals surface area (Å²) in [6.45, 7) is 1.53. The molecule has 33 heavy (non-hydrogen) atoms. The maximum absolute atomic E-state index is 13.1. The Hall–Kier alpha value is -2.75. The normalized spacial score (nSPS) is 11.3. The van der Waals surface area contributed by atoms with E-state index in [1.54, 1.807) is 11.3 Å². The molecule has 0 aliphatic carbocycles. The van der Waals surface area contributed by atoms with E-state index < -0.39 is 9.84 Å². The molecule has 2 N–H and O–H groups in total. The molecule has 0 bridgehead atoms. The fourth-order valence-electron chi connectivity index (χ4n) is 3.43. The Bertz CT molecular complexity index is 1350. The lowest BCUT2D eigenvalue weighted by molar-refractivity contribution is -0.141. The molecule has 3 heterocycles. The third kappa shape index (κ3) is 5.43. The highest BCUT2D eigenvalue weighted by atomic mass is 32.2. The van der Waals surface area contributed by atoms with E-state index in [1.165, 1.54) is 6.92 Å². The van der Waals surface area contributed by atoms with Crippen LogP contribution < -0.4 is 5.73 Å². The van der Waals surface area contributed by atoms with Gasteiger partial charge >= 0.3 is 5.97 Å². The molecule has 174 valence electrons. The van der Waals surface area contributed by atoms with Crippen LogP contribution in [0.25, 0.3) is 31.9 Å². The highest BCUT2D eigenvalue weighted by Gasteiger charge is 2.25. The summed E-state index contributed by atoms with van der Waals surface area (Å²) in [5.41, 5.74) is 9.28. The van der Waals surface area contributed by atoms with Gasteiger partial charge in [0.1, 0.15) is 9.04 Å². The molecule has 0 spiro atoms. The highest BCUT2D eigenvalue weighted by molar-refractivity contribution is 7.93. The van der Waals surface area contributed by atoms with Crippen molar-refractivity contribution in [3.8, 4) is 21.7 Å². The number of rotatable bonds is 8. The molecule has 0 saturated carbocycles. The molecular weight excluding hydrogens is 476 g/mol. The molecule has 0 unspecified atom stereocenters. The van der Waals surface area contributed by atoms with Gasteiger partial charge in [-0.25, -0.2) is 13.4 Å². The minimum absolute atomic E-state index is 0. The second kappa shape index (κ2) is 10.5. The fourth-order valence-corrected chi connectivity index (χ4v) is 7.17. The predicted molar refractivity (Wildman–Crippen MR) is 137 cm³/mol. The Balaban J connectivity index is 0.00000306. The first kappa shape index (κ1) is 24.9. The fraction of sp³-hybridized carbons (Fsp3) is 0.250.